The molecule has 2 aromatic heterocycles. The number of aromatic nitrogens is 2. The number of aryl methyl sites for hydroxylation is 2. The minimum atomic E-state index is 0.470. The van der Waals surface area contributed by atoms with Gasteiger partial charge in [-0.05, 0) is 25.8 Å². The fourth-order valence-electron chi connectivity index (χ4n) is 1.79. The second kappa shape index (κ2) is 4.83. The smallest absolute Gasteiger partial charge is 0.194 e. The average molecular weight is 269 g/mol. The lowest BCUT2D eigenvalue weighted by molar-refractivity contribution is 0.777. The van der Waals surface area contributed by atoms with Gasteiger partial charge in [0.05, 0.1) is 11.4 Å². The Kier molecular flexibility index (Phi) is 3.59. The van der Waals surface area contributed by atoms with E-state index < -0.39 is 0 Å². The fraction of sp³-hybridized carbons (Fsp3) is 0.462. The van der Waals surface area contributed by atoms with Gasteiger partial charge in [-0.25, -0.2) is 4.98 Å². The Hall–Kier alpha value is -0.800. The van der Waals surface area contributed by atoms with E-state index in [0.717, 1.165) is 16.3 Å². The molecule has 0 atom stereocenters. The van der Waals surface area contributed by atoms with E-state index in [4.69, 9.17) is 11.6 Å². The van der Waals surface area contributed by atoms with Gasteiger partial charge in [0.15, 0.2) is 4.96 Å². The molecule has 4 heteroatoms. The van der Waals surface area contributed by atoms with Crippen molar-refractivity contribution in [2.45, 2.75) is 27.7 Å². The second-order valence-corrected chi connectivity index (χ2v) is 6.06. The molecule has 2 heterocycles. The summed E-state index contributed by atoms with van der Waals surface area (Å²) in [5.41, 5.74) is 3.48. The standard InChI is InChI=1S/C13H17ClN2S/c1-8(2)11(6-14)5-12-10(4)15-13-16(12)7-9(3)17-13/h5,7-8H,6H2,1-4H3. The third-order valence-corrected chi connectivity index (χ3v) is 4.09. The Morgan fingerprint density at radius 2 is 2.24 bits per heavy atom. The highest BCUT2D eigenvalue weighted by molar-refractivity contribution is 7.17. The van der Waals surface area contributed by atoms with Crippen LogP contribution in [0.4, 0.5) is 0 Å². The number of fused-ring (bicyclic) bond motifs is 1. The largest absolute Gasteiger partial charge is 0.290 e. The number of nitrogens with zero attached hydrogens (tertiary/aromatic N) is 2. The Morgan fingerprint density at radius 1 is 1.53 bits per heavy atom. The number of allylic oxidation sites excluding steroid dienone is 1. The molecule has 0 bridgehead atoms. The molecule has 92 valence electrons. The molecule has 0 aliphatic carbocycles. The van der Waals surface area contributed by atoms with Crippen LogP contribution in [-0.4, -0.2) is 15.3 Å². The van der Waals surface area contributed by atoms with Crippen molar-refractivity contribution in [1.82, 2.24) is 9.38 Å². The first-order chi connectivity index (χ1) is 8.02. The maximum atomic E-state index is 5.99. The van der Waals surface area contributed by atoms with Gasteiger partial charge >= 0.3 is 0 Å². The number of hydrogen-bond donors (Lipinski definition) is 0. The molecule has 0 N–H and O–H groups in total. The van der Waals surface area contributed by atoms with Crippen molar-refractivity contribution in [3.63, 3.8) is 0 Å². The molecule has 2 rings (SSSR count). The quantitative estimate of drug-likeness (QED) is 0.759. The number of halogens is 1. The summed E-state index contributed by atoms with van der Waals surface area (Å²) < 4.78 is 2.16. The van der Waals surface area contributed by atoms with Gasteiger partial charge in [0, 0.05) is 17.0 Å². The van der Waals surface area contributed by atoms with E-state index in [2.05, 4.69) is 42.4 Å². The minimum Gasteiger partial charge on any atom is -0.290 e. The van der Waals surface area contributed by atoms with E-state index in [1.54, 1.807) is 11.3 Å². The van der Waals surface area contributed by atoms with E-state index in [1.165, 1.54) is 10.5 Å². The second-order valence-electron chi connectivity index (χ2n) is 4.58. The van der Waals surface area contributed by atoms with Crippen LogP contribution in [0.3, 0.4) is 0 Å². The SMILES string of the molecule is Cc1cn2c(C=C(CCl)C(C)C)c(C)nc2s1. The molecule has 0 aliphatic heterocycles. The Labute approximate surface area is 111 Å². The molecule has 0 fully saturated rings. The van der Waals surface area contributed by atoms with Gasteiger partial charge in [0.1, 0.15) is 0 Å². The van der Waals surface area contributed by atoms with E-state index in [0.29, 0.717) is 11.8 Å². The van der Waals surface area contributed by atoms with Gasteiger partial charge < -0.3 is 0 Å². The monoisotopic (exact) mass is 268 g/mol. The van der Waals surface area contributed by atoms with Crippen LogP contribution in [0.2, 0.25) is 0 Å². The molecule has 0 spiro atoms. The lowest BCUT2D eigenvalue weighted by Crippen LogP contribution is -1.97. The lowest BCUT2D eigenvalue weighted by Gasteiger charge is -2.07. The molecule has 0 aromatic carbocycles. The first-order valence-electron chi connectivity index (χ1n) is 5.74. The molecule has 0 radical (unpaired) electrons. The summed E-state index contributed by atoms with van der Waals surface area (Å²) in [6.45, 7) is 8.49. The van der Waals surface area contributed by atoms with Gasteiger partial charge in [-0.1, -0.05) is 19.4 Å². The van der Waals surface area contributed by atoms with Crippen LogP contribution < -0.4 is 0 Å². The fourth-order valence-corrected chi connectivity index (χ4v) is 3.05. The van der Waals surface area contributed by atoms with Crippen molar-refractivity contribution < 1.29 is 0 Å². The zero-order chi connectivity index (χ0) is 12.6. The number of hydrogen-bond acceptors (Lipinski definition) is 2. The minimum absolute atomic E-state index is 0.470. The summed E-state index contributed by atoms with van der Waals surface area (Å²) in [7, 11) is 0. The van der Waals surface area contributed by atoms with Crippen LogP contribution >= 0.6 is 22.9 Å². The maximum Gasteiger partial charge on any atom is 0.194 e. The third-order valence-electron chi connectivity index (χ3n) is 2.88. The van der Waals surface area contributed by atoms with Crippen LogP contribution in [0.1, 0.15) is 30.1 Å². The van der Waals surface area contributed by atoms with Gasteiger partial charge in [-0.3, -0.25) is 4.40 Å². The van der Waals surface area contributed by atoms with Crippen molar-refractivity contribution in [2.24, 2.45) is 5.92 Å². The summed E-state index contributed by atoms with van der Waals surface area (Å²) in [6.07, 6.45) is 4.32. The van der Waals surface area contributed by atoms with Crippen molar-refractivity contribution in [2.75, 3.05) is 5.88 Å². The van der Waals surface area contributed by atoms with Crippen LogP contribution in [0.15, 0.2) is 11.8 Å². The summed E-state index contributed by atoms with van der Waals surface area (Å²) in [5.74, 6) is 1.05. The Balaban J connectivity index is 2.57. The molecule has 2 nitrogen and oxygen atoms in total. The molecule has 0 amide bonds. The van der Waals surface area contributed by atoms with E-state index in [1.807, 2.05) is 6.92 Å². The van der Waals surface area contributed by atoms with Crippen LogP contribution in [-0.2, 0) is 0 Å². The molecule has 0 saturated heterocycles. The predicted octanol–water partition coefficient (Wildman–Crippen LogP) is 4.29. The van der Waals surface area contributed by atoms with Crippen molar-refractivity contribution >= 4 is 34.0 Å². The average Bonchev–Trinajstić information content (AvgIpc) is 2.71. The van der Waals surface area contributed by atoms with Gasteiger partial charge in [-0.2, -0.15) is 0 Å². The van der Waals surface area contributed by atoms with E-state index in [9.17, 15) is 0 Å². The maximum absolute atomic E-state index is 5.99. The highest BCUT2D eigenvalue weighted by atomic mass is 35.5. The highest BCUT2D eigenvalue weighted by Crippen LogP contribution is 2.24. The molecule has 0 unspecified atom stereocenters. The normalized spacial score (nSPS) is 12.9. The third kappa shape index (κ3) is 2.40. The van der Waals surface area contributed by atoms with Crippen LogP contribution in [0.25, 0.3) is 11.0 Å². The van der Waals surface area contributed by atoms with E-state index in [-0.39, 0.29) is 0 Å². The molecule has 2 aromatic rings. The molecule has 0 aliphatic rings. The first-order valence-corrected chi connectivity index (χ1v) is 7.09. The van der Waals surface area contributed by atoms with Gasteiger partial charge in [0.2, 0.25) is 0 Å². The first kappa shape index (κ1) is 12.7. The van der Waals surface area contributed by atoms with Crippen molar-refractivity contribution in [3.8, 4) is 0 Å². The summed E-state index contributed by atoms with van der Waals surface area (Å²) in [5, 5.41) is 0. The molecule has 17 heavy (non-hydrogen) atoms. The van der Waals surface area contributed by atoms with Crippen LogP contribution in [0, 0.1) is 19.8 Å². The molecular formula is C13H17ClN2S. The zero-order valence-corrected chi connectivity index (χ0v) is 12.2. The lowest BCUT2D eigenvalue weighted by atomic mass is 10.0. The van der Waals surface area contributed by atoms with Crippen molar-refractivity contribution in [1.29, 1.82) is 0 Å². The topological polar surface area (TPSA) is 17.3 Å². The molecular weight excluding hydrogens is 252 g/mol. The number of alkyl halides is 1. The highest BCUT2D eigenvalue weighted by Gasteiger charge is 2.11. The van der Waals surface area contributed by atoms with E-state index >= 15 is 0 Å². The summed E-state index contributed by atoms with van der Waals surface area (Å²) in [4.78, 5) is 6.91. The van der Waals surface area contributed by atoms with Gasteiger partial charge in [-0.15, -0.1) is 22.9 Å². The number of thiazole rings is 1. The summed E-state index contributed by atoms with van der Waals surface area (Å²) in [6, 6.07) is 0. The molecule has 0 saturated carbocycles. The van der Waals surface area contributed by atoms with Gasteiger partial charge in [0.25, 0.3) is 0 Å². The van der Waals surface area contributed by atoms with Crippen molar-refractivity contribution in [3.05, 3.63) is 28.0 Å². The number of imidazole rings is 1. The zero-order valence-electron chi connectivity index (χ0n) is 10.6. The predicted molar refractivity (Wildman–Crippen MR) is 76.1 cm³/mol. The number of rotatable bonds is 3. The Morgan fingerprint density at radius 3 is 2.82 bits per heavy atom. The Bertz CT molecular complexity index is 563. The van der Waals surface area contributed by atoms with Crippen LogP contribution in [0.5, 0.6) is 0 Å². The summed E-state index contributed by atoms with van der Waals surface area (Å²) >= 11 is 7.71.